The number of unbranched alkanes of at least 4 members (excludes halogenated alkanes) is 28. The molecule has 4 rings (SSSR count). The van der Waals surface area contributed by atoms with E-state index in [1.54, 1.807) is 0 Å². The van der Waals surface area contributed by atoms with Gasteiger partial charge in [-0.15, -0.1) is 0 Å². The van der Waals surface area contributed by atoms with E-state index in [0.29, 0.717) is 18.3 Å². The summed E-state index contributed by atoms with van der Waals surface area (Å²) in [5, 5.41) is 65.3. The van der Waals surface area contributed by atoms with Crippen LogP contribution in [0, 0.1) is 5.41 Å². The number of halogens is 1. The molecular formula is C50H94FNO9. The summed E-state index contributed by atoms with van der Waals surface area (Å²) in [6, 6.07) is -0.992. The molecule has 3 saturated carbocycles. The Hall–Kier alpha value is -0.920. The average Bonchev–Trinajstić information content (AvgIpc) is 3.23. The van der Waals surface area contributed by atoms with Crippen LogP contribution in [0.2, 0.25) is 0 Å². The van der Waals surface area contributed by atoms with Crippen molar-refractivity contribution in [2.45, 2.75) is 293 Å². The van der Waals surface area contributed by atoms with E-state index in [0.717, 1.165) is 64.2 Å². The van der Waals surface area contributed by atoms with Crippen LogP contribution in [0.3, 0.4) is 0 Å². The van der Waals surface area contributed by atoms with Gasteiger partial charge in [-0.25, -0.2) is 4.39 Å². The van der Waals surface area contributed by atoms with Crippen molar-refractivity contribution >= 4 is 5.91 Å². The zero-order chi connectivity index (χ0) is 44.2. The Morgan fingerprint density at radius 1 is 0.639 bits per heavy atom. The van der Waals surface area contributed by atoms with Gasteiger partial charge in [0.2, 0.25) is 5.91 Å². The van der Waals surface area contributed by atoms with Gasteiger partial charge in [-0.2, -0.15) is 0 Å². The summed E-state index contributed by atoms with van der Waals surface area (Å²) in [7, 11) is 0. The van der Waals surface area contributed by atoms with Crippen LogP contribution in [0.5, 0.6) is 0 Å². The number of nitrogens with one attached hydrogen (secondary N) is 1. The summed E-state index contributed by atoms with van der Waals surface area (Å²) >= 11 is 0. The van der Waals surface area contributed by atoms with Crippen LogP contribution in [0.1, 0.15) is 238 Å². The third kappa shape index (κ3) is 21.7. The smallest absolute Gasteiger partial charge is 0.220 e. The molecule has 360 valence electrons. The number of alkyl halides is 1. The van der Waals surface area contributed by atoms with Crippen molar-refractivity contribution in [3.63, 3.8) is 0 Å². The topological polar surface area (TPSA) is 169 Å². The number of aliphatic hydroxyl groups is 6. The van der Waals surface area contributed by atoms with Gasteiger partial charge in [0.05, 0.1) is 25.4 Å². The molecule has 0 unspecified atom stereocenters. The van der Waals surface area contributed by atoms with Gasteiger partial charge >= 0.3 is 0 Å². The van der Waals surface area contributed by atoms with E-state index < -0.39 is 61.2 Å². The number of hydrogen-bond acceptors (Lipinski definition) is 9. The van der Waals surface area contributed by atoms with Crippen LogP contribution in [0.15, 0.2) is 0 Å². The fraction of sp³-hybridized carbons (Fsp3) is 0.980. The van der Waals surface area contributed by atoms with Gasteiger partial charge in [0.15, 0.2) is 6.29 Å². The van der Waals surface area contributed by atoms with Crippen LogP contribution < -0.4 is 5.32 Å². The first-order chi connectivity index (χ1) is 29.5. The predicted molar refractivity (Wildman–Crippen MR) is 242 cm³/mol. The molecule has 10 nitrogen and oxygen atoms in total. The number of amides is 1. The lowest BCUT2D eigenvalue weighted by atomic mass is 9.41. The van der Waals surface area contributed by atoms with E-state index in [9.17, 15) is 39.8 Å². The van der Waals surface area contributed by atoms with Crippen molar-refractivity contribution in [1.82, 2.24) is 5.32 Å². The molecule has 4 aliphatic rings. The molecule has 0 aromatic rings. The minimum Gasteiger partial charge on any atom is -0.394 e. The highest BCUT2D eigenvalue weighted by Gasteiger charge is 2.68. The Morgan fingerprint density at radius 2 is 1.07 bits per heavy atom. The van der Waals surface area contributed by atoms with Crippen LogP contribution >= 0.6 is 0 Å². The van der Waals surface area contributed by atoms with Crippen molar-refractivity contribution in [3.8, 4) is 0 Å². The third-order valence-electron chi connectivity index (χ3n) is 14.2. The fourth-order valence-corrected chi connectivity index (χ4v) is 10.3. The van der Waals surface area contributed by atoms with Crippen molar-refractivity contribution in [3.05, 3.63) is 0 Å². The van der Waals surface area contributed by atoms with E-state index in [1.807, 2.05) is 0 Å². The number of carbonyl (C=O) groups is 1. The Kier molecular flexibility index (Phi) is 28.4. The van der Waals surface area contributed by atoms with E-state index in [1.165, 1.54) is 148 Å². The van der Waals surface area contributed by atoms with Crippen LogP contribution in [-0.4, -0.2) is 104 Å². The molecular weight excluding hydrogens is 778 g/mol. The summed E-state index contributed by atoms with van der Waals surface area (Å²) < 4.78 is 24.8. The Morgan fingerprint density at radius 3 is 1.51 bits per heavy atom. The van der Waals surface area contributed by atoms with Crippen molar-refractivity contribution < 1.29 is 49.3 Å². The monoisotopic (exact) mass is 872 g/mol. The molecule has 0 radical (unpaired) electrons. The molecule has 7 N–H and O–H groups in total. The standard InChI is InChI=1S/C50H94FNO9/c1-2-3-4-5-6-7-8-17-20-23-26-29-32-41(54)44(56)40(36-60-48-47(59)46(58)45(57)42(35-53)61-48)52-43(55)33-30-27-24-21-18-15-13-11-9-10-12-14-16-19-22-25-28-31-34-49-37-50(51,38-49)39-49/h40-42,44-48,53-54,56-59H,2-39H2,1H3,(H,52,55)/t40-,41+,42+,44-,45-,46-,47+,48-,49?,50?/m0/s1. The Labute approximate surface area is 370 Å². The number of ether oxygens (including phenoxy) is 2. The third-order valence-corrected chi connectivity index (χ3v) is 14.2. The van der Waals surface area contributed by atoms with E-state index >= 15 is 0 Å². The van der Waals surface area contributed by atoms with Crippen LogP contribution in [0.25, 0.3) is 0 Å². The minimum absolute atomic E-state index is 0.261. The SMILES string of the molecule is CCCCCCCCCCCCCC[C@@H](O)[C@@H](O)[C@H](CO[C@H]1O[C@H](CO)[C@H](O)[C@H](O)[C@H]1O)NC(=O)CCCCCCCCCCCCCCCCCCCCC12CC(F)(C1)C2. The minimum atomic E-state index is -1.61. The number of carbonyl (C=O) groups excluding carboxylic acids is 1. The summed E-state index contributed by atoms with van der Waals surface area (Å²) in [6.45, 7) is 1.33. The molecule has 61 heavy (non-hydrogen) atoms. The maximum Gasteiger partial charge on any atom is 0.220 e. The van der Waals surface area contributed by atoms with Gasteiger partial charge in [0.1, 0.15) is 36.2 Å². The molecule has 1 amide bonds. The molecule has 4 fully saturated rings. The molecule has 0 aromatic heterocycles. The zero-order valence-corrected chi connectivity index (χ0v) is 38.8. The normalized spacial score (nSPS) is 27.3. The maximum absolute atomic E-state index is 13.6. The second-order valence-electron chi connectivity index (χ2n) is 20.0. The highest BCUT2D eigenvalue weighted by molar-refractivity contribution is 5.76. The fourth-order valence-electron chi connectivity index (χ4n) is 10.3. The van der Waals surface area contributed by atoms with E-state index in [2.05, 4.69) is 12.2 Å². The number of hydrogen-bond donors (Lipinski definition) is 7. The summed E-state index contributed by atoms with van der Waals surface area (Å²) in [6.07, 6.45) is 31.5. The highest BCUT2D eigenvalue weighted by Crippen LogP contribution is 2.71. The second kappa shape index (κ2) is 31.9. The molecule has 1 saturated heterocycles. The lowest BCUT2D eigenvalue weighted by molar-refractivity contribution is -0.303. The molecule has 1 aliphatic heterocycles. The average molecular weight is 872 g/mol. The van der Waals surface area contributed by atoms with E-state index in [4.69, 9.17) is 9.47 Å². The summed E-state index contributed by atoms with van der Waals surface area (Å²) in [5.74, 6) is -0.261. The van der Waals surface area contributed by atoms with Gasteiger partial charge in [0, 0.05) is 6.42 Å². The van der Waals surface area contributed by atoms with Crippen LogP contribution in [0.4, 0.5) is 4.39 Å². The zero-order valence-electron chi connectivity index (χ0n) is 38.8. The number of aliphatic hydroxyl groups excluding tert-OH is 6. The summed E-state index contributed by atoms with van der Waals surface area (Å²) in [4.78, 5) is 13.0. The molecule has 11 heteroatoms. The second-order valence-corrected chi connectivity index (χ2v) is 20.0. The molecule has 8 atom stereocenters. The van der Waals surface area contributed by atoms with Gasteiger partial charge < -0.3 is 45.4 Å². The van der Waals surface area contributed by atoms with Gasteiger partial charge in [-0.3, -0.25) is 4.79 Å². The quantitative estimate of drug-likeness (QED) is 0.0296. The number of rotatable bonds is 41. The van der Waals surface area contributed by atoms with Gasteiger partial charge in [-0.1, -0.05) is 193 Å². The van der Waals surface area contributed by atoms with E-state index in [-0.39, 0.29) is 18.9 Å². The Balaban J connectivity index is 1.20. The van der Waals surface area contributed by atoms with Crippen LogP contribution in [-0.2, 0) is 14.3 Å². The lowest BCUT2D eigenvalue weighted by Gasteiger charge is -2.66. The predicted octanol–water partition coefficient (Wildman–Crippen LogP) is 9.79. The first-order valence-electron chi connectivity index (χ1n) is 25.8. The molecule has 0 spiro atoms. The molecule has 1 heterocycles. The van der Waals surface area contributed by atoms with Crippen molar-refractivity contribution in [2.24, 2.45) is 5.41 Å². The van der Waals surface area contributed by atoms with Crippen molar-refractivity contribution in [1.29, 1.82) is 0 Å². The first kappa shape index (κ1) is 54.4. The molecule has 3 aliphatic carbocycles. The van der Waals surface area contributed by atoms with Crippen molar-refractivity contribution in [2.75, 3.05) is 13.2 Å². The Bertz CT molecular complexity index is 1080. The largest absolute Gasteiger partial charge is 0.394 e. The maximum atomic E-state index is 13.6. The molecule has 0 aromatic carbocycles. The summed E-state index contributed by atoms with van der Waals surface area (Å²) in [5.41, 5.74) is -0.306. The van der Waals surface area contributed by atoms with Gasteiger partial charge in [0.25, 0.3) is 0 Å². The lowest BCUT2D eigenvalue weighted by Crippen LogP contribution is -2.64. The highest BCUT2D eigenvalue weighted by atomic mass is 19.1. The molecule has 2 bridgehead atoms. The van der Waals surface area contributed by atoms with Gasteiger partial charge in [-0.05, 0) is 43.9 Å². The first-order valence-corrected chi connectivity index (χ1v) is 25.8.